The fourth-order valence-electron chi connectivity index (χ4n) is 1.35. The van der Waals surface area contributed by atoms with Crippen LogP contribution in [-0.4, -0.2) is 5.78 Å². The molecule has 72 valence electrons. The predicted octanol–water partition coefficient (Wildman–Crippen LogP) is 4.15. The van der Waals surface area contributed by atoms with Gasteiger partial charge in [-0.2, -0.15) is 0 Å². The second kappa shape index (κ2) is 3.71. The van der Waals surface area contributed by atoms with E-state index < -0.39 is 0 Å². The molecule has 1 aromatic carbocycles. The van der Waals surface area contributed by atoms with Gasteiger partial charge in [0.25, 0.3) is 0 Å². The Hall–Kier alpha value is -0.860. The van der Waals surface area contributed by atoms with E-state index in [9.17, 15) is 4.79 Å². The van der Waals surface area contributed by atoms with Crippen molar-refractivity contribution >= 4 is 38.8 Å². The van der Waals surface area contributed by atoms with E-state index in [4.69, 9.17) is 11.6 Å². The number of halogens is 1. The van der Waals surface area contributed by atoms with Crippen LogP contribution in [0, 0.1) is 0 Å². The number of benzene rings is 1. The van der Waals surface area contributed by atoms with Crippen molar-refractivity contribution in [1.82, 2.24) is 0 Å². The fourth-order valence-corrected chi connectivity index (χ4v) is 2.90. The minimum atomic E-state index is 0.121. The Bertz CT molecular complexity index is 487. The summed E-state index contributed by atoms with van der Waals surface area (Å²) >= 11 is 7.60. The van der Waals surface area contributed by atoms with Crippen LogP contribution in [-0.2, 0) is 0 Å². The molecule has 2 rings (SSSR count). The van der Waals surface area contributed by atoms with Crippen molar-refractivity contribution in [3.63, 3.8) is 0 Å². The topological polar surface area (TPSA) is 17.1 Å². The van der Waals surface area contributed by atoms with Gasteiger partial charge in [0.1, 0.15) is 0 Å². The average Bonchev–Trinajstić information content (AvgIpc) is 2.56. The number of thiophene rings is 1. The average molecular weight is 225 g/mol. The molecule has 0 radical (unpaired) electrons. The number of Topliss-reactive ketones (excluding diaryl/α,β-unsaturated/α-hetero) is 1. The van der Waals surface area contributed by atoms with E-state index in [1.807, 2.05) is 31.2 Å². The summed E-state index contributed by atoms with van der Waals surface area (Å²) in [7, 11) is 0. The second-order valence-electron chi connectivity index (χ2n) is 3.02. The monoisotopic (exact) mass is 224 g/mol. The lowest BCUT2D eigenvalue weighted by Gasteiger charge is -1.91. The molecule has 2 aromatic rings. The maximum atomic E-state index is 11.5. The minimum Gasteiger partial charge on any atom is -0.293 e. The quantitative estimate of drug-likeness (QED) is 0.701. The molecule has 0 bridgehead atoms. The molecule has 0 saturated carbocycles. The molecular formula is C11H9ClOS. The molecule has 1 nitrogen and oxygen atoms in total. The molecule has 0 spiro atoms. The summed E-state index contributed by atoms with van der Waals surface area (Å²) in [5.41, 5.74) is 0. The van der Waals surface area contributed by atoms with Crippen molar-refractivity contribution < 1.29 is 4.79 Å². The van der Waals surface area contributed by atoms with Crippen LogP contribution in [0.3, 0.4) is 0 Å². The zero-order valence-corrected chi connectivity index (χ0v) is 9.28. The van der Waals surface area contributed by atoms with Crippen LogP contribution in [0.4, 0.5) is 0 Å². The standard InChI is InChI=1S/C11H9ClOS/c1-2-8(13)11-10(12)7-5-3-4-6-9(7)14-11/h3-6H,2H2,1H3. The highest BCUT2D eigenvalue weighted by Crippen LogP contribution is 2.35. The summed E-state index contributed by atoms with van der Waals surface area (Å²) < 4.78 is 1.08. The predicted molar refractivity (Wildman–Crippen MR) is 61.5 cm³/mol. The molecule has 0 unspecified atom stereocenters. The largest absolute Gasteiger partial charge is 0.293 e. The molecule has 1 heterocycles. The van der Waals surface area contributed by atoms with E-state index in [-0.39, 0.29) is 5.78 Å². The lowest BCUT2D eigenvalue weighted by molar-refractivity contribution is 0.0992. The summed E-state index contributed by atoms with van der Waals surface area (Å²) in [6, 6.07) is 7.81. The van der Waals surface area contributed by atoms with E-state index in [0.29, 0.717) is 16.3 Å². The van der Waals surface area contributed by atoms with Gasteiger partial charge in [0, 0.05) is 16.5 Å². The van der Waals surface area contributed by atoms with Gasteiger partial charge in [-0.05, 0) is 6.07 Å². The van der Waals surface area contributed by atoms with Crippen LogP contribution in [0.1, 0.15) is 23.0 Å². The molecule has 14 heavy (non-hydrogen) atoms. The smallest absolute Gasteiger partial charge is 0.174 e. The number of fused-ring (bicyclic) bond motifs is 1. The minimum absolute atomic E-state index is 0.121. The maximum Gasteiger partial charge on any atom is 0.174 e. The third kappa shape index (κ3) is 1.45. The van der Waals surface area contributed by atoms with Gasteiger partial charge in [0.2, 0.25) is 0 Å². The van der Waals surface area contributed by atoms with Crippen molar-refractivity contribution in [2.45, 2.75) is 13.3 Å². The van der Waals surface area contributed by atoms with Crippen molar-refractivity contribution in [2.75, 3.05) is 0 Å². The first-order chi connectivity index (χ1) is 6.74. The SMILES string of the molecule is CCC(=O)c1sc2ccccc2c1Cl. The van der Waals surface area contributed by atoms with E-state index in [2.05, 4.69) is 0 Å². The lowest BCUT2D eigenvalue weighted by Crippen LogP contribution is -1.92. The van der Waals surface area contributed by atoms with Crippen LogP contribution in [0.2, 0.25) is 5.02 Å². The van der Waals surface area contributed by atoms with Gasteiger partial charge in [-0.3, -0.25) is 4.79 Å². The Morgan fingerprint density at radius 3 is 2.79 bits per heavy atom. The summed E-state index contributed by atoms with van der Waals surface area (Å²) in [6.45, 7) is 1.85. The van der Waals surface area contributed by atoms with E-state index in [0.717, 1.165) is 10.1 Å². The third-order valence-corrected chi connectivity index (χ3v) is 3.83. The fraction of sp³-hybridized carbons (Fsp3) is 0.182. The number of rotatable bonds is 2. The van der Waals surface area contributed by atoms with Gasteiger partial charge in [0.05, 0.1) is 9.90 Å². The molecule has 0 aliphatic heterocycles. The van der Waals surface area contributed by atoms with Crippen LogP contribution in [0.15, 0.2) is 24.3 Å². The maximum absolute atomic E-state index is 11.5. The Kier molecular flexibility index (Phi) is 2.57. The molecule has 0 aliphatic rings. The second-order valence-corrected chi connectivity index (χ2v) is 4.45. The van der Waals surface area contributed by atoms with E-state index in [1.165, 1.54) is 11.3 Å². The van der Waals surface area contributed by atoms with Gasteiger partial charge in [-0.25, -0.2) is 0 Å². The normalized spacial score (nSPS) is 10.7. The number of ketones is 1. The highest BCUT2D eigenvalue weighted by molar-refractivity contribution is 7.21. The van der Waals surface area contributed by atoms with Crippen LogP contribution < -0.4 is 0 Å². The van der Waals surface area contributed by atoms with Crippen LogP contribution >= 0.6 is 22.9 Å². The number of hydrogen-bond acceptors (Lipinski definition) is 2. The van der Waals surface area contributed by atoms with Gasteiger partial charge in [-0.1, -0.05) is 36.7 Å². The van der Waals surface area contributed by atoms with Gasteiger partial charge < -0.3 is 0 Å². The van der Waals surface area contributed by atoms with Gasteiger partial charge in [0.15, 0.2) is 5.78 Å². The molecule has 0 saturated heterocycles. The molecular weight excluding hydrogens is 216 g/mol. The summed E-state index contributed by atoms with van der Waals surface area (Å²) in [5, 5.41) is 1.59. The zero-order chi connectivity index (χ0) is 10.1. The van der Waals surface area contributed by atoms with Crippen molar-refractivity contribution in [3.05, 3.63) is 34.2 Å². The first-order valence-electron chi connectivity index (χ1n) is 4.44. The molecule has 0 atom stereocenters. The number of carbonyl (C=O) groups excluding carboxylic acids is 1. The summed E-state index contributed by atoms with van der Waals surface area (Å²) in [5.74, 6) is 0.121. The molecule has 0 fully saturated rings. The highest BCUT2D eigenvalue weighted by Gasteiger charge is 2.14. The van der Waals surface area contributed by atoms with Crippen LogP contribution in [0.5, 0.6) is 0 Å². The Balaban J connectivity index is 2.68. The zero-order valence-electron chi connectivity index (χ0n) is 7.71. The Labute approximate surface area is 91.3 Å². The summed E-state index contributed by atoms with van der Waals surface area (Å²) in [6.07, 6.45) is 0.506. The molecule has 0 aliphatic carbocycles. The Morgan fingerprint density at radius 1 is 1.43 bits per heavy atom. The van der Waals surface area contributed by atoms with Crippen molar-refractivity contribution in [1.29, 1.82) is 0 Å². The van der Waals surface area contributed by atoms with E-state index in [1.54, 1.807) is 0 Å². The molecule has 1 aromatic heterocycles. The Morgan fingerprint density at radius 2 is 2.14 bits per heavy atom. The summed E-state index contributed by atoms with van der Waals surface area (Å²) in [4.78, 5) is 12.2. The number of carbonyl (C=O) groups is 1. The first kappa shape index (κ1) is 9.69. The van der Waals surface area contributed by atoms with E-state index >= 15 is 0 Å². The molecule has 3 heteroatoms. The highest BCUT2D eigenvalue weighted by atomic mass is 35.5. The van der Waals surface area contributed by atoms with Gasteiger partial charge >= 0.3 is 0 Å². The molecule has 0 N–H and O–H groups in total. The first-order valence-corrected chi connectivity index (χ1v) is 5.63. The number of hydrogen-bond donors (Lipinski definition) is 0. The lowest BCUT2D eigenvalue weighted by atomic mass is 10.2. The third-order valence-electron chi connectivity index (χ3n) is 2.11. The molecule has 0 amide bonds. The van der Waals surface area contributed by atoms with Crippen molar-refractivity contribution in [3.8, 4) is 0 Å². The van der Waals surface area contributed by atoms with Gasteiger partial charge in [-0.15, -0.1) is 11.3 Å². The van der Waals surface area contributed by atoms with Crippen molar-refractivity contribution in [2.24, 2.45) is 0 Å². The van der Waals surface area contributed by atoms with Crippen LogP contribution in [0.25, 0.3) is 10.1 Å².